The lowest BCUT2D eigenvalue weighted by Crippen LogP contribution is -2.38. The molecular formula is C20H32N6. The first kappa shape index (κ1) is 18.7. The molecule has 0 saturated heterocycles. The number of rotatable bonds is 8. The van der Waals surface area contributed by atoms with Crippen LogP contribution in [0.2, 0.25) is 0 Å². The molecule has 2 aromatic heterocycles. The molecule has 1 aliphatic rings. The summed E-state index contributed by atoms with van der Waals surface area (Å²) in [7, 11) is 0. The van der Waals surface area contributed by atoms with E-state index in [0.717, 1.165) is 49.4 Å². The van der Waals surface area contributed by atoms with Gasteiger partial charge in [0.2, 0.25) is 0 Å². The van der Waals surface area contributed by atoms with Crippen molar-refractivity contribution in [2.45, 2.75) is 58.3 Å². The van der Waals surface area contributed by atoms with E-state index >= 15 is 0 Å². The van der Waals surface area contributed by atoms with Crippen molar-refractivity contribution in [3.63, 3.8) is 0 Å². The van der Waals surface area contributed by atoms with E-state index in [0.29, 0.717) is 0 Å². The van der Waals surface area contributed by atoms with Crippen molar-refractivity contribution >= 4 is 11.6 Å². The molecule has 2 N–H and O–H groups in total. The number of aliphatic imine (C=N–C) groups is 1. The molecule has 2 aromatic rings. The molecular weight excluding hydrogens is 324 g/mol. The van der Waals surface area contributed by atoms with Crippen LogP contribution in [0.5, 0.6) is 0 Å². The molecule has 0 atom stereocenters. The Morgan fingerprint density at radius 1 is 1.19 bits per heavy atom. The van der Waals surface area contributed by atoms with Crippen molar-refractivity contribution in [2.75, 3.05) is 19.6 Å². The molecule has 6 heteroatoms. The van der Waals surface area contributed by atoms with Gasteiger partial charge in [-0.15, -0.1) is 10.2 Å². The lowest BCUT2D eigenvalue weighted by molar-refractivity contribution is 0.334. The molecule has 0 spiro atoms. The van der Waals surface area contributed by atoms with E-state index in [1.54, 1.807) is 0 Å². The van der Waals surface area contributed by atoms with Crippen molar-refractivity contribution in [2.24, 2.45) is 10.9 Å². The second kappa shape index (κ2) is 10.1. The van der Waals surface area contributed by atoms with Crippen LogP contribution in [-0.2, 0) is 6.42 Å². The maximum Gasteiger partial charge on any atom is 0.191 e. The number of fused-ring (bicyclic) bond motifs is 1. The first-order valence-corrected chi connectivity index (χ1v) is 10.2. The van der Waals surface area contributed by atoms with E-state index in [-0.39, 0.29) is 0 Å². The number of hydrogen-bond acceptors (Lipinski definition) is 3. The van der Waals surface area contributed by atoms with Gasteiger partial charge in [0.1, 0.15) is 5.82 Å². The van der Waals surface area contributed by atoms with Gasteiger partial charge in [0.15, 0.2) is 11.6 Å². The predicted octanol–water partition coefficient (Wildman–Crippen LogP) is 3.19. The van der Waals surface area contributed by atoms with Crippen molar-refractivity contribution in [3.05, 3.63) is 30.2 Å². The van der Waals surface area contributed by atoms with E-state index in [4.69, 9.17) is 4.99 Å². The Balaban J connectivity index is 1.42. The molecule has 1 aliphatic carbocycles. The molecule has 0 radical (unpaired) electrons. The Kier molecular flexibility index (Phi) is 7.28. The topological polar surface area (TPSA) is 66.6 Å². The maximum absolute atomic E-state index is 4.73. The molecule has 3 rings (SSSR count). The second-order valence-electron chi connectivity index (χ2n) is 7.13. The molecule has 2 heterocycles. The molecule has 0 aromatic carbocycles. The third-order valence-electron chi connectivity index (χ3n) is 5.13. The fraction of sp³-hybridized carbons (Fsp3) is 0.650. The average Bonchev–Trinajstić information content (AvgIpc) is 3.09. The summed E-state index contributed by atoms with van der Waals surface area (Å²) in [6, 6.07) is 5.96. The van der Waals surface area contributed by atoms with Crippen LogP contribution >= 0.6 is 0 Å². The molecule has 0 aliphatic heterocycles. The Bertz CT molecular complexity index is 686. The Morgan fingerprint density at radius 2 is 2.08 bits per heavy atom. The van der Waals surface area contributed by atoms with Crippen LogP contribution in [0.25, 0.3) is 5.65 Å². The van der Waals surface area contributed by atoms with E-state index in [2.05, 4.69) is 27.8 Å². The highest BCUT2D eigenvalue weighted by atomic mass is 15.2. The Labute approximate surface area is 156 Å². The quantitative estimate of drug-likeness (QED) is 0.433. The predicted molar refractivity (Wildman–Crippen MR) is 106 cm³/mol. The van der Waals surface area contributed by atoms with Gasteiger partial charge < -0.3 is 10.6 Å². The molecule has 26 heavy (non-hydrogen) atoms. The lowest BCUT2D eigenvalue weighted by atomic mass is 9.86. The van der Waals surface area contributed by atoms with Crippen LogP contribution in [-0.4, -0.2) is 40.2 Å². The summed E-state index contributed by atoms with van der Waals surface area (Å²) in [6.45, 7) is 4.68. The minimum absolute atomic E-state index is 0.796. The van der Waals surface area contributed by atoms with Crippen molar-refractivity contribution in [1.82, 2.24) is 25.2 Å². The maximum atomic E-state index is 4.73. The first-order valence-electron chi connectivity index (χ1n) is 10.2. The molecule has 6 nitrogen and oxygen atoms in total. The standard InChI is InChI=1S/C20H32N6/c1-2-21-20(22-14-8-11-17-9-4-3-5-10-17)23-15-13-19-25-24-18-12-6-7-16-26(18)19/h6-7,12,16-17H,2-5,8-11,13-15H2,1H3,(H2,21,22,23). The van der Waals surface area contributed by atoms with Gasteiger partial charge in [-0.25, -0.2) is 0 Å². The summed E-state index contributed by atoms with van der Waals surface area (Å²) in [5.74, 6) is 2.82. The van der Waals surface area contributed by atoms with E-state index in [1.807, 2.05) is 28.8 Å². The Morgan fingerprint density at radius 3 is 2.92 bits per heavy atom. The third kappa shape index (κ3) is 5.44. The minimum Gasteiger partial charge on any atom is -0.357 e. The number of pyridine rings is 1. The van der Waals surface area contributed by atoms with Crippen molar-refractivity contribution in [3.8, 4) is 0 Å². The van der Waals surface area contributed by atoms with Crippen LogP contribution in [0.1, 0.15) is 57.7 Å². The van der Waals surface area contributed by atoms with Gasteiger partial charge in [-0.1, -0.05) is 38.2 Å². The smallest absolute Gasteiger partial charge is 0.191 e. The number of nitrogens with zero attached hydrogens (tertiary/aromatic N) is 4. The second-order valence-corrected chi connectivity index (χ2v) is 7.13. The molecule has 142 valence electrons. The van der Waals surface area contributed by atoms with Crippen LogP contribution in [0, 0.1) is 5.92 Å². The largest absolute Gasteiger partial charge is 0.357 e. The van der Waals surface area contributed by atoms with Crippen LogP contribution in [0.3, 0.4) is 0 Å². The van der Waals surface area contributed by atoms with Crippen LogP contribution in [0.15, 0.2) is 29.4 Å². The number of nitrogens with one attached hydrogen (secondary N) is 2. The highest BCUT2D eigenvalue weighted by Gasteiger charge is 2.12. The van der Waals surface area contributed by atoms with Gasteiger partial charge in [-0.05, 0) is 37.8 Å². The summed E-state index contributed by atoms with van der Waals surface area (Å²) in [6.07, 6.45) is 12.5. The highest BCUT2D eigenvalue weighted by molar-refractivity contribution is 5.79. The highest BCUT2D eigenvalue weighted by Crippen LogP contribution is 2.27. The van der Waals surface area contributed by atoms with E-state index in [9.17, 15) is 0 Å². The zero-order valence-corrected chi connectivity index (χ0v) is 16.0. The average molecular weight is 357 g/mol. The SMILES string of the molecule is CCNC(=NCCCC1CCCCC1)NCCc1nnc2ccccn12. The van der Waals surface area contributed by atoms with Gasteiger partial charge >= 0.3 is 0 Å². The Hall–Kier alpha value is -2.11. The summed E-state index contributed by atoms with van der Waals surface area (Å²) in [5.41, 5.74) is 0.894. The van der Waals surface area contributed by atoms with Gasteiger partial charge in [-0.3, -0.25) is 9.39 Å². The number of hydrogen-bond donors (Lipinski definition) is 2. The van der Waals surface area contributed by atoms with Crippen molar-refractivity contribution in [1.29, 1.82) is 0 Å². The van der Waals surface area contributed by atoms with Crippen LogP contribution < -0.4 is 10.6 Å². The number of aromatic nitrogens is 3. The van der Waals surface area contributed by atoms with Gasteiger partial charge in [0, 0.05) is 32.3 Å². The zero-order chi connectivity index (χ0) is 18.0. The van der Waals surface area contributed by atoms with E-state index < -0.39 is 0 Å². The van der Waals surface area contributed by atoms with Crippen LogP contribution in [0.4, 0.5) is 0 Å². The van der Waals surface area contributed by atoms with Gasteiger partial charge in [0.05, 0.1) is 0 Å². The fourth-order valence-electron chi connectivity index (χ4n) is 3.74. The zero-order valence-electron chi connectivity index (χ0n) is 16.0. The van der Waals surface area contributed by atoms with Gasteiger partial charge in [-0.2, -0.15) is 0 Å². The first-order chi connectivity index (χ1) is 12.9. The summed E-state index contributed by atoms with van der Waals surface area (Å²) < 4.78 is 2.04. The normalized spacial score (nSPS) is 16.1. The van der Waals surface area contributed by atoms with Crippen molar-refractivity contribution < 1.29 is 0 Å². The summed E-state index contributed by atoms with van der Waals surface area (Å²) >= 11 is 0. The molecule has 0 amide bonds. The molecule has 1 saturated carbocycles. The van der Waals surface area contributed by atoms with E-state index in [1.165, 1.54) is 44.9 Å². The molecule has 0 unspecified atom stereocenters. The third-order valence-corrected chi connectivity index (χ3v) is 5.13. The fourth-order valence-corrected chi connectivity index (χ4v) is 3.74. The summed E-state index contributed by atoms with van der Waals surface area (Å²) in [4.78, 5) is 4.73. The molecule has 0 bridgehead atoms. The number of guanidine groups is 1. The van der Waals surface area contributed by atoms with Gasteiger partial charge in [0.25, 0.3) is 0 Å². The summed E-state index contributed by atoms with van der Waals surface area (Å²) in [5, 5.41) is 15.2. The monoisotopic (exact) mass is 356 g/mol. The molecule has 1 fully saturated rings. The lowest BCUT2D eigenvalue weighted by Gasteiger charge is -2.20. The minimum atomic E-state index is 0.796.